The van der Waals surface area contributed by atoms with Gasteiger partial charge in [0.1, 0.15) is 0 Å². The number of benzene rings is 2. The minimum Gasteiger partial charge on any atom is -0.338 e. The number of piperidine rings is 1. The molecule has 2 aromatic carbocycles. The Bertz CT molecular complexity index is 1450. The third-order valence-electron chi connectivity index (χ3n) is 10.8. The summed E-state index contributed by atoms with van der Waals surface area (Å²) in [7, 11) is -3.28. The van der Waals surface area contributed by atoms with Gasteiger partial charge in [0.25, 0.3) is 0 Å². The Balaban J connectivity index is 1.17. The van der Waals surface area contributed by atoms with Crippen LogP contribution >= 0.6 is 0 Å². The van der Waals surface area contributed by atoms with Crippen LogP contribution in [0.15, 0.2) is 59.5 Å². The first-order valence-electron chi connectivity index (χ1n) is 16.0. The van der Waals surface area contributed by atoms with E-state index >= 15 is 0 Å². The van der Waals surface area contributed by atoms with E-state index in [0.717, 1.165) is 18.5 Å². The van der Waals surface area contributed by atoms with E-state index in [1.54, 1.807) is 24.3 Å². The SMILES string of the molecule is CS(=O)(=O)c1ccc(CN2CCC3(CCN(C(C(=O)C4CCC(F)(F)CC4)[C@@H]4CNC[C@@H]4c4ccccc4)CC3)C2=O)cc1. The van der Waals surface area contributed by atoms with E-state index in [1.165, 1.54) is 11.8 Å². The summed E-state index contributed by atoms with van der Waals surface area (Å²) in [6.45, 7) is 3.81. The van der Waals surface area contributed by atoms with Crippen LogP contribution in [0, 0.1) is 17.3 Å². The van der Waals surface area contributed by atoms with Crippen molar-refractivity contribution >= 4 is 21.5 Å². The number of alkyl halides is 2. The van der Waals surface area contributed by atoms with Crippen LogP contribution in [0.4, 0.5) is 8.78 Å². The van der Waals surface area contributed by atoms with Gasteiger partial charge in [-0.25, -0.2) is 17.2 Å². The molecule has 1 spiro atoms. The summed E-state index contributed by atoms with van der Waals surface area (Å²) in [5.41, 5.74) is 1.62. The molecule has 0 radical (unpaired) electrons. The zero-order valence-corrected chi connectivity index (χ0v) is 26.2. The molecular weight excluding hydrogens is 584 g/mol. The predicted molar refractivity (Wildman–Crippen MR) is 164 cm³/mol. The third kappa shape index (κ3) is 6.35. The van der Waals surface area contributed by atoms with Crippen LogP contribution in [-0.4, -0.2) is 80.9 Å². The van der Waals surface area contributed by atoms with Gasteiger partial charge in [0, 0.05) is 63.0 Å². The molecule has 1 saturated carbocycles. The highest BCUT2D eigenvalue weighted by atomic mass is 32.2. The molecule has 4 aliphatic rings. The van der Waals surface area contributed by atoms with Crippen LogP contribution in [0.25, 0.3) is 0 Å². The van der Waals surface area contributed by atoms with Crippen LogP contribution in [0.5, 0.6) is 0 Å². The first-order valence-corrected chi connectivity index (χ1v) is 17.8. The van der Waals surface area contributed by atoms with E-state index in [0.29, 0.717) is 45.6 Å². The molecule has 1 aliphatic carbocycles. The average molecular weight is 628 g/mol. The molecule has 6 rings (SSSR count). The van der Waals surface area contributed by atoms with Gasteiger partial charge in [-0.2, -0.15) is 0 Å². The lowest BCUT2D eigenvalue weighted by atomic mass is 9.72. The number of hydrogen-bond donors (Lipinski definition) is 1. The number of likely N-dealkylation sites (tertiary alicyclic amines) is 2. The van der Waals surface area contributed by atoms with Gasteiger partial charge in [-0.1, -0.05) is 42.5 Å². The van der Waals surface area contributed by atoms with Crippen LogP contribution in [0.3, 0.4) is 0 Å². The molecule has 44 heavy (non-hydrogen) atoms. The molecule has 3 aliphatic heterocycles. The van der Waals surface area contributed by atoms with Crippen molar-refractivity contribution in [2.24, 2.45) is 17.3 Å². The number of sulfone groups is 1. The monoisotopic (exact) mass is 627 g/mol. The highest BCUT2D eigenvalue weighted by molar-refractivity contribution is 7.90. The first-order chi connectivity index (χ1) is 21.0. The Labute approximate surface area is 259 Å². The summed E-state index contributed by atoms with van der Waals surface area (Å²) in [6.07, 6.45) is 3.27. The summed E-state index contributed by atoms with van der Waals surface area (Å²) >= 11 is 0. The number of halogens is 2. The van der Waals surface area contributed by atoms with Gasteiger partial charge in [-0.15, -0.1) is 0 Å². The van der Waals surface area contributed by atoms with Gasteiger partial charge in [0.15, 0.2) is 15.6 Å². The molecule has 0 bridgehead atoms. The third-order valence-corrected chi connectivity index (χ3v) is 11.9. The second-order valence-electron chi connectivity index (χ2n) is 13.5. The number of carbonyl (C=O) groups excluding carboxylic acids is 2. The quantitative estimate of drug-likeness (QED) is 0.458. The Morgan fingerprint density at radius 3 is 2.20 bits per heavy atom. The van der Waals surface area contributed by atoms with Gasteiger partial charge in [-0.05, 0) is 68.5 Å². The van der Waals surface area contributed by atoms with Crippen LogP contribution in [0.2, 0.25) is 0 Å². The molecule has 1 N–H and O–H groups in total. The highest BCUT2D eigenvalue weighted by Crippen LogP contribution is 2.45. The number of Topliss-reactive ketones (excluding diaryl/α,β-unsaturated/α-hetero) is 1. The molecule has 238 valence electrons. The topological polar surface area (TPSA) is 86.8 Å². The maximum Gasteiger partial charge on any atom is 0.248 e. The van der Waals surface area contributed by atoms with Crippen LogP contribution < -0.4 is 5.32 Å². The summed E-state index contributed by atoms with van der Waals surface area (Å²) < 4.78 is 51.7. The fraction of sp³-hybridized carbons (Fsp3) is 0.588. The second-order valence-corrected chi connectivity index (χ2v) is 15.5. The van der Waals surface area contributed by atoms with E-state index in [4.69, 9.17) is 0 Å². The minimum absolute atomic E-state index is 0.0343. The van der Waals surface area contributed by atoms with Crippen molar-refractivity contribution in [2.75, 3.05) is 39.0 Å². The summed E-state index contributed by atoms with van der Waals surface area (Å²) in [5.74, 6) is -2.62. The van der Waals surface area contributed by atoms with E-state index in [-0.39, 0.29) is 66.1 Å². The van der Waals surface area contributed by atoms with Crippen LogP contribution in [-0.2, 0) is 26.0 Å². The van der Waals surface area contributed by atoms with Crippen molar-refractivity contribution in [1.29, 1.82) is 0 Å². The number of amides is 1. The predicted octanol–water partition coefficient (Wildman–Crippen LogP) is 4.67. The van der Waals surface area contributed by atoms with E-state index in [1.807, 2.05) is 23.1 Å². The van der Waals surface area contributed by atoms with Gasteiger partial charge < -0.3 is 10.2 Å². The molecule has 3 heterocycles. The number of hydrogen-bond acceptors (Lipinski definition) is 6. The Morgan fingerprint density at radius 2 is 1.57 bits per heavy atom. The molecule has 1 amide bonds. The molecule has 0 aromatic heterocycles. The van der Waals surface area contributed by atoms with Crippen molar-refractivity contribution in [3.63, 3.8) is 0 Å². The van der Waals surface area contributed by atoms with Crippen molar-refractivity contribution in [2.45, 2.75) is 74.3 Å². The van der Waals surface area contributed by atoms with Gasteiger partial charge in [0.05, 0.1) is 16.4 Å². The normalized spacial score (nSPS) is 26.7. The lowest BCUT2D eigenvalue weighted by Crippen LogP contribution is -2.55. The summed E-state index contributed by atoms with van der Waals surface area (Å²) in [5, 5.41) is 3.51. The van der Waals surface area contributed by atoms with Gasteiger partial charge in [-0.3, -0.25) is 14.5 Å². The Kier molecular flexibility index (Phi) is 8.71. The number of carbonyl (C=O) groups is 2. The minimum atomic E-state index is -3.28. The maximum absolute atomic E-state index is 14.3. The van der Waals surface area contributed by atoms with E-state index < -0.39 is 21.2 Å². The molecule has 1 unspecified atom stereocenters. The number of nitrogens with zero attached hydrogens (tertiary/aromatic N) is 2. The standard InChI is InChI=1S/C34H43F2N3O4S/c1-44(42,43)27-9-7-24(8-10-27)23-39-20-17-33(32(39)41)15-18-38(19-16-33)30(31(40)26-11-13-34(35,36)14-12-26)29-22-37-21-28(29)25-5-3-2-4-6-25/h2-10,26,28-30,37H,11-23H2,1H3/t28-,29-,30?/m1/s1. The van der Waals surface area contributed by atoms with E-state index in [9.17, 15) is 26.8 Å². The Morgan fingerprint density at radius 1 is 0.932 bits per heavy atom. The van der Waals surface area contributed by atoms with Crippen molar-refractivity contribution in [3.05, 3.63) is 65.7 Å². The zero-order chi connectivity index (χ0) is 31.1. The average Bonchev–Trinajstić information content (AvgIpc) is 3.60. The largest absolute Gasteiger partial charge is 0.338 e. The molecule has 7 nitrogen and oxygen atoms in total. The number of nitrogens with one attached hydrogen (secondary N) is 1. The lowest BCUT2D eigenvalue weighted by Gasteiger charge is -2.45. The molecule has 10 heteroatoms. The molecule has 3 saturated heterocycles. The molecule has 4 fully saturated rings. The van der Waals surface area contributed by atoms with Gasteiger partial charge in [0.2, 0.25) is 11.8 Å². The van der Waals surface area contributed by atoms with Crippen LogP contribution in [0.1, 0.15) is 62.0 Å². The Hall–Kier alpha value is -2.69. The summed E-state index contributed by atoms with van der Waals surface area (Å²) in [6, 6.07) is 16.6. The summed E-state index contributed by atoms with van der Waals surface area (Å²) in [4.78, 5) is 32.5. The van der Waals surface area contributed by atoms with Gasteiger partial charge >= 0.3 is 0 Å². The number of rotatable bonds is 8. The molecule has 3 atom stereocenters. The smallest absolute Gasteiger partial charge is 0.248 e. The fourth-order valence-corrected chi connectivity index (χ4v) is 8.75. The number of ketones is 1. The lowest BCUT2D eigenvalue weighted by molar-refractivity contribution is -0.141. The van der Waals surface area contributed by atoms with E-state index in [2.05, 4.69) is 22.3 Å². The molecule has 2 aromatic rings. The maximum atomic E-state index is 14.3. The zero-order valence-electron chi connectivity index (χ0n) is 25.4. The fourth-order valence-electron chi connectivity index (χ4n) is 8.12. The highest BCUT2D eigenvalue weighted by Gasteiger charge is 2.51. The second kappa shape index (κ2) is 12.2. The van der Waals surface area contributed by atoms with Crippen molar-refractivity contribution < 1.29 is 26.8 Å². The van der Waals surface area contributed by atoms with Crippen molar-refractivity contribution in [1.82, 2.24) is 15.1 Å². The molecular formula is C34H43F2N3O4S. The van der Waals surface area contributed by atoms with Crippen molar-refractivity contribution in [3.8, 4) is 0 Å². The first kappa shape index (κ1) is 31.3.